The Morgan fingerprint density at radius 2 is 1.65 bits per heavy atom. The second-order valence-electron chi connectivity index (χ2n) is 7.49. The van der Waals surface area contributed by atoms with Gasteiger partial charge in [0.25, 0.3) is 0 Å². The molecule has 31 heavy (non-hydrogen) atoms. The molecule has 2 aromatic carbocycles. The van der Waals surface area contributed by atoms with Crippen molar-refractivity contribution < 1.29 is 14.2 Å². The number of hydrogen-bond donors (Lipinski definition) is 2. The maximum Gasteiger partial charge on any atom is 0.191 e. The molecule has 7 heteroatoms. The van der Waals surface area contributed by atoms with Crippen molar-refractivity contribution in [2.24, 2.45) is 4.99 Å². The summed E-state index contributed by atoms with van der Waals surface area (Å²) in [5.74, 6) is 3.06. The van der Waals surface area contributed by atoms with E-state index in [1.54, 1.807) is 21.3 Å². The third-order valence-electron chi connectivity index (χ3n) is 5.07. The zero-order chi connectivity index (χ0) is 22.8. The van der Waals surface area contributed by atoms with E-state index in [4.69, 9.17) is 19.2 Å². The summed E-state index contributed by atoms with van der Waals surface area (Å²) in [4.78, 5) is 6.93. The molecule has 0 aromatic heterocycles. The van der Waals surface area contributed by atoms with E-state index in [1.165, 1.54) is 5.56 Å². The molecule has 0 saturated carbocycles. The highest BCUT2D eigenvalue weighted by Gasteiger charge is 2.17. The lowest BCUT2D eigenvalue weighted by Crippen LogP contribution is -2.41. The van der Waals surface area contributed by atoms with Crippen LogP contribution >= 0.6 is 0 Å². The number of ether oxygens (including phenoxy) is 3. The van der Waals surface area contributed by atoms with Crippen LogP contribution < -0.4 is 24.8 Å². The highest BCUT2D eigenvalue weighted by molar-refractivity contribution is 5.79. The number of aliphatic imine (C=N–C) groups is 1. The first-order chi connectivity index (χ1) is 14.9. The third-order valence-corrected chi connectivity index (χ3v) is 5.07. The maximum absolute atomic E-state index is 5.51. The Morgan fingerprint density at radius 1 is 0.935 bits per heavy atom. The Labute approximate surface area is 186 Å². The number of methoxy groups -OCH3 is 3. The van der Waals surface area contributed by atoms with E-state index in [0.717, 1.165) is 40.9 Å². The summed E-state index contributed by atoms with van der Waals surface area (Å²) in [6, 6.07) is 12.3. The average Bonchev–Trinajstić information content (AvgIpc) is 2.77. The van der Waals surface area contributed by atoms with Crippen molar-refractivity contribution in [2.75, 3.05) is 48.5 Å². The van der Waals surface area contributed by atoms with Gasteiger partial charge in [-0.05, 0) is 57.3 Å². The largest absolute Gasteiger partial charge is 0.496 e. The molecule has 7 nitrogen and oxygen atoms in total. The van der Waals surface area contributed by atoms with Crippen LogP contribution in [0.25, 0.3) is 0 Å². The Balaban J connectivity index is 2.17. The van der Waals surface area contributed by atoms with Crippen LogP contribution in [0.3, 0.4) is 0 Å². The molecule has 1 unspecified atom stereocenters. The van der Waals surface area contributed by atoms with Gasteiger partial charge in [0.15, 0.2) is 17.5 Å². The van der Waals surface area contributed by atoms with Gasteiger partial charge in [-0.1, -0.05) is 18.2 Å². The fourth-order valence-corrected chi connectivity index (χ4v) is 3.34. The highest BCUT2D eigenvalue weighted by atomic mass is 16.5. The standard InChI is InChI=1S/C24H36N4O3/c1-8-25-24(26-15-19-10-9-17(2)13-22(19)30-6)27-16-20(28(3)4)18-11-12-21(29-5)23(14-18)31-7/h9-14,20H,8,15-16H2,1-7H3,(H2,25,26,27). The summed E-state index contributed by atoms with van der Waals surface area (Å²) < 4.78 is 16.4. The molecule has 0 radical (unpaired) electrons. The number of aryl methyl sites for hydroxylation is 1. The molecule has 0 heterocycles. The number of guanidine groups is 1. The van der Waals surface area contributed by atoms with E-state index in [-0.39, 0.29) is 6.04 Å². The van der Waals surface area contributed by atoms with Gasteiger partial charge in [0.1, 0.15) is 5.75 Å². The first-order valence-electron chi connectivity index (χ1n) is 10.5. The van der Waals surface area contributed by atoms with Crippen molar-refractivity contribution >= 4 is 5.96 Å². The van der Waals surface area contributed by atoms with Gasteiger partial charge in [-0.15, -0.1) is 0 Å². The van der Waals surface area contributed by atoms with Gasteiger partial charge < -0.3 is 29.7 Å². The second-order valence-corrected chi connectivity index (χ2v) is 7.49. The molecule has 0 fully saturated rings. The lowest BCUT2D eigenvalue weighted by molar-refractivity contribution is 0.295. The summed E-state index contributed by atoms with van der Waals surface area (Å²) in [5, 5.41) is 6.79. The molecule has 0 amide bonds. The van der Waals surface area contributed by atoms with E-state index in [2.05, 4.69) is 61.7 Å². The summed E-state index contributed by atoms with van der Waals surface area (Å²) in [6.07, 6.45) is 0. The number of nitrogens with one attached hydrogen (secondary N) is 2. The molecular weight excluding hydrogens is 392 g/mol. The lowest BCUT2D eigenvalue weighted by Gasteiger charge is -2.26. The molecule has 1 atom stereocenters. The molecule has 0 saturated heterocycles. The number of benzene rings is 2. The SMILES string of the molecule is CCNC(=NCc1ccc(C)cc1OC)NCC(c1ccc(OC)c(OC)c1)N(C)C. The van der Waals surface area contributed by atoms with Crippen LogP contribution in [0.2, 0.25) is 0 Å². The Bertz CT molecular complexity index is 868. The van der Waals surface area contributed by atoms with Gasteiger partial charge in [0, 0.05) is 18.7 Å². The molecular formula is C24H36N4O3. The third kappa shape index (κ3) is 6.79. The van der Waals surface area contributed by atoms with E-state index < -0.39 is 0 Å². The molecule has 2 rings (SSSR count). The van der Waals surface area contributed by atoms with E-state index in [9.17, 15) is 0 Å². The quantitative estimate of drug-likeness (QED) is 0.447. The first-order valence-corrected chi connectivity index (χ1v) is 10.5. The van der Waals surface area contributed by atoms with Gasteiger partial charge in [0.05, 0.1) is 33.9 Å². The van der Waals surface area contributed by atoms with E-state index in [0.29, 0.717) is 13.1 Å². The van der Waals surface area contributed by atoms with Crippen LogP contribution in [-0.4, -0.2) is 59.4 Å². The second kappa shape index (κ2) is 12.1. The van der Waals surface area contributed by atoms with Crippen molar-refractivity contribution in [2.45, 2.75) is 26.4 Å². The first kappa shape index (κ1) is 24.3. The molecule has 0 aliphatic heterocycles. The van der Waals surface area contributed by atoms with Crippen molar-refractivity contribution in [1.82, 2.24) is 15.5 Å². The summed E-state index contributed by atoms with van der Waals surface area (Å²) >= 11 is 0. The lowest BCUT2D eigenvalue weighted by atomic mass is 10.1. The molecule has 0 aliphatic rings. The summed E-state index contributed by atoms with van der Waals surface area (Å²) in [5.41, 5.74) is 3.35. The predicted molar refractivity (Wildman–Crippen MR) is 127 cm³/mol. The van der Waals surface area contributed by atoms with Crippen LogP contribution in [-0.2, 0) is 6.54 Å². The highest BCUT2D eigenvalue weighted by Crippen LogP contribution is 2.31. The molecule has 0 spiro atoms. The Morgan fingerprint density at radius 3 is 2.26 bits per heavy atom. The zero-order valence-electron chi connectivity index (χ0n) is 19.8. The number of likely N-dealkylation sites (N-methyl/N-ethyl adjacent to an activating group) is 1. The van der Waals surface area contributed by atoms with Crippen LogP contribution in [0.4, 0.5) is 0 Å². The Hall–Kier alpha value is -2.93. The monoisotopic (exact) mass is 428 g/mol. The number of nitrogens with zero attached hydrogens (tertiary/aromatic N) is 2. The van der Waals surface area contributed by atoms with Crippen LogP contribution in [0, 0.1) is 6.92 Å². The van der Waals surface area contributed by atoms with Gasteiger partial charge >= 0.3 is 0 Å². The van der Waals surface area contributed by atoms with Crippen LogP contribution in [0.5, 0.6) is 17.2 Å². The molecule has 0 bridgehead atoms. The normalized spacial score (nSPS) is 12.5. The van der Waals surface area contributed by atoms with Gasteiger partial charge in [0.2, 0.25) is 0 Å². The van der Waals surface area contributed by atoms with E-state index in [1.807, 2.05) is 18.2 Å². The van der Waals surface area contributed by atoms with Crippen molar-refractivity contribution in [1.29, 1.82) is 0 Å². The average molecular weight is 429 g/mol. The Kier molecular flexibility index (Phi) is 9.46. The van der Waals surface area contributed by atoms with Crippen molar-refractivity contribution in [3.63, 3.8) is 0 Å². The molecule has 170 valence electrons. The topological polar surface area (TPSA) is 67.4 Å². The molecule has 0 aliphatic carbocycles. The molecule has 2 N–H and O–H groups in total. The number of rotatable bonds is 10. The summed E-state index contributed by atoms with van der Waals surface area (Å²) in [7, 11) is 9.11. The minimum absolute atomic E-state index is 0.123. The number of hydrogen-bond acceptors (Lipinski definition) is 5. The zero-order valence-corrected chi connectivity index (χ0v) is 19.8. The summed E-state index contributed by atoms with van der Waals surface area (Å²) in [6.45, 7) is 6.10. The van der Waals surface area contributed by atoms with Gasteiger partial charge in [-0.2, -0.15) is 0 Å². The molecule has 2 aromatic rings. The van der Waals surface area contributed by atoms with Crippen LogP contribution in [0.15, 0.2) is 41.4 Å². The van der Waals surface area contributed by atoms with Gasteiger partial charge in [-0.3, -0.25) is 0 Å². The minimum atomic E-state index is 0.123. The van der Waals surface area contributed by atoms with Crippen molar-refractivity contribution in [3.8, 4) is 17.2 Å². The predicted octanol–water partition coefficient (Wildman–Crippen LogP) is 3.38. The van der Waals surface area contributed by atoms with Crippen LogP contribution in [0.1, 0.15) is 29.7 Å². The van der Waals surface area contributed by atoms with Crippen molar-refractivity contribution in [3.05, 3.63) is 53.1 Å². The smallest absolute Gasteiger partial charge is 0.191 e. The van der Waals surface area contributed by atoms with Gasteiger partial charge in [-0.25, -0.2) is 4.99 Å². The fourth-order valence-electron chi connectivity index (χ4n) is 3.34. The van der Waals surface area contributed by atoms with E-state index >= 15 is 0 Å². The minimum Gasteiger partial charge on any atom is -0.496 e. The fraction of sp³-hybridized carbons (Fsp3) is 0.458. The maximum atomic E-state index is 5.51.